The number of carboxylic acid groups (broad SMARTS) is 2. The van der Waals surface area contributed by atoms with Crippen LogP contribution < -0.4 is 10.2 Å². The van der Waals surface area contributed by atoms with Crippen LogP contribution in [0.2, 0.25) is 8.87 Å². The Bertz CT molecular complexity index is 731. The van der Waals surface area contributed by atoms with E-state index in [9.17, 15) is 19.8 Å². The predicted molar refractivity (Wildman–Crippen MR) is 251 cm³/mol. The van der Waals surface area contributed by atoms with E-state index in [2.05, 4.69) is 52.0 Å². The van der Waals surface area contributed by atoms with Crippen molar-refractivity contribution in [2.45, 2.75) is 293 Å². The summed E-state index contributed by atoms with van der Waals surface area (Å²) < 4.78 is 3.31. The average Bonchev–Trinajstić information content (AvgIpc) is 3.20. The minimum atomic E-state index is -0.911. The SMILES string of the molecule is CCCCCC/C=C/CCCCCCCCCC(=O)[O-].CCCCCC/C=C/CCCCCCCCCC(=O)[O-].CCCCCCC[CH2][Sn+2][CH2]CCCCCCC. The van der Waals surface area contributed by atoms with Gasteiger partial charge in [-0.05, 0) is 77.0 Å². The van der Waals surface area contributed by atoms with Gasteiger partial charge >= 0.3 is 121 Å². The van der Waals surface area contributed by atoms with Gasteiger partial charge in [0.2, 0.25) is 0 Å². The van der Waals surface area contributed by atoms with Gasteiger partial charge in [-0.1, -0.05) is 141 Å². The van der Waals surface area contributed by atoms with Gasteiger partial charge in [0.1, 0.15) is 0 Å². The van der Waals surface area contributed by atoms with Crippen molar-refractivity contribution in [3.05, 3.63) is 24.3 Å². The van der Waals surface area contributed by atoms with Crippen molar-refractivity contribution in [3.63, 3.8) is 0 Å². The topological polar surface area (TPSA) is 80.3 Å². The second-order valence-electron chi connectivity index (χ2n) is 16.7. The number of aliphatic carboxylic acids is 2. The summed E-state index contributed by atoms with van der Waals surface area (Å²) in [7, 11) is 0. The van der Waals surface area contributed by atoms with E-state index in [0.29, 0.717) is 0 Å². The van der Waals surface area contributed by atoms with Crippen LogP contribution in [0.15, 0.2) is 24.3 Å². The van der Waals surface area contributed by atoms with Gasteiger partial charge in [0.15, 0.2) is 0 Å². The van der Waals surface area contributed by atoms with Crippen molar-refractivity contribution in [1.82, 2.24) is 0 Å². The van der Waals surface area contributed by atoms with Crippen LogP contribution >= 0.6 is 0 Å². The molecule has 0 N–H and O–H groups in total. The van der Waals surface area contributed by atoms with E-state index in [1.54, 1.807) is 21.7 Å². The Morgan fingerprint density at radius 3 is 0.789 bits per heavy atom. The fourth-order valence-corrected chi connectivity index (χ4v) is 10.4. The van der Waals surface area contributed by atoms with Gasteiger partial charge in [-0.3, -0.25) is 0 Å². The third kappa shape index (κ3) is 70.1. The molecule has 0 unspecified atom stereocenters. The second kappa shape index (κ2) is 59.5. The molecule has 0 aliphatic carbocycles. The maximum absolute atomic E-state index is 10.2. The van der Waals surface area contributed by atoms with Crippen LogP contribution in [0.3, 0.4) is 0 Å². The summed E-state index contributed by atoms with van der Waals surface area (Å²) in [5, 5.41) is 20.4. The molecule has 0 rings (SSSR count). The van der Waals surface area contributed by atoms with E-state index in [1.165, 1.54) is 205 Å². The molecule has 0 aromatic rings. The summed E-state index contributed by atoms with van der Waals surface area (Å²) in [6.07, 6.45) is 59.6. The number of hydrogen-bond acceptors (Lipinski definition) is 4. The zero-order valence-electron chi connectivity index (χ0n) is 39.1. The first-order valence-corrected chi connectivity index (χ1v) is 29.4. The van der Waals surface area contributed by atoms with Crippen LogP contribution in [-0.4, -0.2) is 33.1 Å². The van der Waals surface area contributed by atoms with Crippen LogP contribution in [0, 0.1) is 0 Å². The third-order valence-corrected chi connectivity index (χ3v) is 14.7. The van der Waals surface area contributed by atoms with Crippen LogP contribution in [-0.2, 0) is 9.59 Å². The first kappa shape index (κ1) is 60.5. The normalized spacial score (nSPS) is 11.0. The Morgan fingerprint density at radius 2 is 0.526 bits per heavy atom. The fraction of sp³-hybridized carbons (Fsp3) is 0.885. The summed E-state index contributed by atoms with van der Waals surface area (Å²) in [5.41, 5.74) is 0. The Hall–Kier alpha value is -0.781. The van der Waals surface area contributed by atoms with Crippen LogP contribution in [0.25, 0.3) is 0 Å². The van der Waals surface area contributed by atoms with Gasteiger partial charge in [0, 0.05) is 11.9 Å². The van der Waals surface area contributed by atoms with E-state index < -0.39 is 11.9 Å². The van der Waals surface area contributed by atoms with Crippen molar-refractivity contribution >= 4 is 33.1 Å². The first-order valence-electron chi connectivity index (χ1n) is 25.4. The van der Waals surface area contributed by atoms with E-state index in [1.807, 2.05) is 0 Å². The third-order valence-electron chi connectivity index (χ3n) is 10.7. The van der Waals surface area contributed by atoms with Crippen molar-refractivity contribution < 1.29 is 19.8 Å². The number of hydrogen-bond donors (Lipinski definition) is 0. The zero-order valence-corrected chi connectivity index (χ0v) is 42.0. The summed E-state index contributed by atoms with van der Waals surface area (Å²) >= 11 is 0.0736. The molecule has 0 atom stereocenters. The Labute approximate surface area is 368 Å². The van der Waals surface area contributed by atoms with E-state index in [4.69, 9.17) is 0 Å². The fourth-order valence-electron chi connectivity index (χ4n) is 6.87. The molecular weight excluding hydrogens is 807 g/mol. The Morgan fingerprint density at radius 1 is 0.316 bits per heavy atom. The van der Waals surface area contributed by atoms with Crippen molar-refractivity contribution in [2.24, 2.45) is 0 Å². The second-order valence-corrected chi connectivity index (χ2v) is 21.0. The Kier molecular flexibility index (Phi) is 63.2. The molecule has 0 bridgehead atoms. The van der Waals surface area contributed by atoms with Gasteiger partial charge in [0.05, 0.1) is 0 Å². The van der Waals surface area contributed by atoms with Crippen LogP contribution in [0.4, 0.5) is 0 Å². The minimum absolute atomic E-state index is 0.0736. The molecule has 0 aliphatic rings. The monoisotopic (exact) mass is 909 g/mol. The summed E-state index contributed by atoms with van der Waals surface area (Å²) in [6, 6.07) is 0. The first-order chi connectivity index (χ1) is 28.0. The number of carbonyl (C=O) groups is 2. The molecule has 0 heterocycles. The average molecular weight is 908 g/mol. The number of carboxylic acids is 2. The molecule has 4 nitrogen and oxygen atoms in total. The molecule has 0 fully saturated rings. The zero-order chi connectivity index (χ0) is 42.4. The van der Waals surface area contributed by atoms with Crippen LogP contribution in [0.1, 0.15) is 285 Å². The molecule has 0 aromatic carbocycles. The van der Waals surface area contributed by atoms with Gasteiger partial charge in [-0.15, -0.1) is 0 Å². The molecule has 57 heavy (non-hydrogen) atoms. The van der Waals surface area contributed by atoms with Gasteiger partial charge in [-0.2, -0.15) is 0 Å². The van der Waals surface area contributed by atoms with Crippen LogP contribution in [0.5, 0.6) is 0 Å². The van der Waals surface area contributed by atoms with E-state index in [0.717, 1.165) is 25.7 Å². The van der Waals surface area contributed by atoms with Crippen molar-refractivity contribution in [2.75, 3.05) is 0 Å². The predicted octanol–water partition coefficient (Wildman–Crippen LogP) is 15.8. The molecule has 0 saturated heterocycles. The summed E-state index contributed by atoms with van der Waals surface area (Å²) in [4.78, 5) is 20.4. The molecule has 5 heteroatoms. The molecule has 0 amide bonds. The quantitative estimate of drug-likeness (QED) is 0.0346. The van der Waals surface area contributed by atoms with Gasteiger partial charge in [0.25, 0.3) is 0 Å². The number of rotatable bonds is 44. The number of unbranched alkanes of at least 4 members (excludes halogenated alkanes) is 32. The molecular formula is C52H100O4Sn. The van der Waals surface area contributed by atoms with Gasteiger partial charge in [-0.25, -0.2) is 0 Å². The molecule has 0 spiro atoms. The Balaban J connectivity index is -0.000000771. The molecule has 0 radical (unpaired) electrons. The van der Waals surface area contributed by atoms with Gasteiger partial charge < -0.3 is 19.8 Å². The van der Waals surface area contributed by atoms with E-state index >= 15 is 0 Å². The summed E-state index contributed by atoms with van der Waals surface area (Å²) in [6.45, 7) is 9.10. The van der Waals surface area contributed by atoms with E-state index in [-0.39, 0.29) is 34.0 Å². The van der Waals surface area contributed by atoms with Crippen molar-refractivity contribution in [3.8, 4) is 0 Å². The summed E-state index contributed by atoms with van der Waals surface area (Å²) in [5.74, 6) is -1.82. The number of allylic oxidation sites excluding steroid dienone is 4. The molecule has 0 aliphatic heterocycles. The molecule has 0 saturated carbocycles. The maximum atomic E-state index is 10.2. The molecule has 0 aromatic heterocycles. The molecule has 336 valence electrons. The van der Waals surface area contributed by atoms with Crippen molar-refractivity contribution in [1.29, 1.82) is 0 Å². The standard InChI is InChI=1S/2C18H34O2.2C8H17.Sn/c2*1-2-3-4-5-6-7-8-9-10-11-12-13-14-15-16-17-18(19)20;2*1-3-5-7-8-6-4-2;/h2*7-8H,2-6,9-17H2,1H3,(H,19,20);2*1,3-8H2,2H3;/q;;;;+2/p-2/b2*8-7+;;;. The number of carbonyl (C=O) groups excluding carboxylic acids is 2.